The molecule has 0 fully saturated rings. The van der Waals surface area contributed by atoms with Gasteiger partial charge in [-0.15, -0.1) is 0 Å². The molecule has 0 saturated heterocycles. The van der Waals surface area contributed by atoms with Crippen molar-refractivity contribution in [3.05, 3.63) is 29.6 Å². The second-order valence-electron chi connectivity index (χ2n) is 4.78. The molecule has 0 aliphatic carbocycles. The summed E-state index contributed by atoms with van der Waals surface area (Å²) in [4.78, 5) is 3.96. The zero-order chi connectivity index (χ0) is 16.4. The lowest BCUT2D eigenvalue weighted by molar-refractivity contribution is -0.0506. The minimum Gasteiger partial charge on any atom is -0.434 e. The van der Waals surface area contributed by atoms with Gasteiger partial charge in [-0.3, -0.25) is 0 Å². The van der Waals surface area contributed by atoms with E-state index in [1.165, 1.54) is 12.1 Å². The molecular formula is C15H22F3N3O. The third-order valence-electron chi connectivity index (χ3n) is 3.04. The molecule has 7 heteroatoms. The Bertz CT molecular complexity index is 481. The molecule has 3 N–H and O–H groups in total. The van der Waals surface area contributed by atoms with Crippen LogP contribution in [-0.2, 0) is 6.54 Å². The van der Waals surface area contributed by atoms with Crippen molar-refractivity contribution in [3.8, 4) is 5.75 Å². The van der Waals surface area contributed by atoms with Crippen LogP contribution in [0.4, 0.5) is 13.2 Å². The number of hydrogen-bond donors (Lipinski definition) is 2. The lowest BCUT2D eigenvalue weighted by Crippen LogP contribution is -2.32. The van der Waals surface area contributed by atoms with Crippen molar-refractivity contribution in [1.29, 1.82) is 0 Å². The Morgan fingerprint density at radius 3 is 2.77 bits per heavy atom. The maximum Gasteiger partial charge on any atom is 0.387 e. The summed E-state index contributed by atoms with van der Waals surface area (Å²) in [6.45, 7) is -0.384. The van der Waals surface area contributed by atoms with E-state index in [0.29, 0.717) is 6.54 Å². The third kappa shape index (κ3) is 6.69. The van der Waals surface area contributed by atoms with E-state index in [-0.39, 0.29) is 23.8 Å². The fourth-order valence-corrected chi connectivity index (χ4v) is 1.89. The Morgan fingerprint density at radius 1 is 1.32 bits per heavy atom. The Labute approximate surface area is 128 Å². The van der Waals surface area contributed by atoms with Gasteiger partial charge < -0.3 is 15.8 Å². The lowest BCUT2D eigenvalue weighted by Gasteiger charge is -2.10. The van der Waals surface area contributed by atoms with E-state index in [1.807, 2.05) is 0 Å². The predicted octanol–water partition coefficient (Wildman–Crippen LogP) is 3.41. The highest BCUT2D eigenvalue weighted by Gasteiger charge is 2.13. The number of aliphatic imine (C=N–C) groups is 1. The Balaban J connectivity index is 2.56. The molecule has 124 valence electrons. The number of nitrogens with one attached hydrogen (secondary N) is 1. The summed E-state index contributed by atoms with van der Waals surface area (Å²) in [6, 6.07) is 3.74. The number of guanidine groups is 1. The maximum absolute atomic E-state index is 13.7. The molecule has 0 aliphatic heterocycles. The number of benzene rings is 1. The molecule has 4 nitrogen and oxygen atoms in total. The first-order valence-corrected chi connectivity index (χ1v) is 7.30. The molecule has 0 spiro atoms. The van der Waals surface area contributed by atoms with Gasteiger partial charge in [0.2, 0.25) is 0 Å². The molecule has 1 rings (SSSR count). The highest BCUT2D eigenvalue weighted by atomic mass is 19.3. The molecule has 0 aliphatic rings. The molecule has 1 aromatic rings. The van der Waals surface area contributed by atoms with Gasteiger partial charge >= 0.3 is 6.61 Å². The second kappa shape index (κ2) is 9.92. The summed E-state index contributed by atoms with van der Waals surface area (Å²) in [7, 11) is 0. The van der Waals surface area contributed by atoms with Crippen LogP contribution in [0.15, 0.2) is 23.2 Å². The Kier molecular flexibility index (Phi) is 8.17. The maximum atomic E-state index is 13.7. The van der Waals surface area contributed by atoms with E-state index < -0.39 is 12.4 Å². The molecule has 0 bridgehead atoms. The zero-order valence-electron chi connectivity index (χ0n) is 12.6. The number of alkyl halides is 2. The van der Waals surface area contributed by atoms with E-state index in [9.17, 15) is 13.2 Å². The van der Waals surface area contributed by atoms with E-state index in [0.717, 1.165) is 31.7 Å². The van der Waals surface area contributed by atoms with Crippen LogP contribution in [0.1, 0.15) is 38.2 Å². The monoisotopic (exact) mass is 317 g/mol. The number of nitrogens with two attached hydrogens (primary N) is 1. The minimum absolute atomic E-state index is 0.0430. The highest BCUT2D eigenvalue weighted by Crippen LogP contribution is 2.24. The van der Waals surface area contributed by atoms with E-state index >= 15 is 0 Å². The predicted molar refractivity (Wildman–Crippen MR) is 80.5 cm³/mol. The number of rotatable bonds is 9. The largest absolute Gasteiger partial charge is 0.434 e. The lowest BCUT2D eigenvalue weighted by atomic mass is 10.2. The minimum atomic E-state index is -3.02. The van der Waals surface area contributed by atoms with Gasteiger partial charge in [-0.05, 0) is 18.6 Å². The van der Waals surface area contributed by atoms with Crippen molar-refractivity contribution in [2.75, 3.05) is 6.54 Å². The summed E-state index contributed by atoms with van der Waals surface area (Å²) >= 11 is 0. The average Bonchev–Trinajstić information content (AvgIpc) is 2.46. The normalized spacial score (nSPS) is 11.8. The van der Waals surface area contributed by atoms with Crippen molar-refractivity contribution >= 4 is 5.96 Å². The van der Waals surface area contributed by atoms with Crippen LogP contribution in [0.2, 0.25) is 0 Å². The van der Waals surface area contributed by atoms with Crippen molar-refractivity contribution in [2.24, 2.45) is 10.7 Å². The van der Waals surface area contributed by atoms with E-state index in [2.05, 4.69) is 22.0 Å². The molecule has 1 aromatic carbocycles. The summed E-state index contributed by atoms with van der Waals surface area (Å²) in [5.74, 6) is -0.727. The van der Waals surface area contributed by atoms with E-state index in [4.69, 9.17) is 5.73 Å². The molecule has 0 heterocycles. The van der Waals surface area contributed by atoms with Gasteiger partial charge in [0.1, 0.15) is 11.6 Å². The second-order valence-corrected chi connectivity index (χ2v) is 4.78. The van der Waals surface area contributed by atoms with Crippen molar-refractivity contribution in [1.82, 2.24) is 5.32 Å². The van der Waals surface area contributed by atoms with Crippen LogP contribution in [-0.4, -0.2) is 19.1 Å². The molecule has 0 radical (unpaired) electrons. The first-order chi connectivity index (χ1) is 10.5. The van der Waals surface area contributed by atoms with Crippen molar-refractivity contribution < 1.29 is 17.9 Å². The third-order valence-corrected chi connectivity index (χ3v) is 3.04. The summed E-state index contributed by atoms with van der Waals surface area (Å²) < 4.78 is 42.5. The summed E-state index contributed by atoms with van der Waals surface area (Å²) in [6.07, 6.45) is 4.35. The fourth-order valence-electron chi connectivity index (χ4n) is 1.89. The van der Waals surface area contributed by atoms with Crippen LogP contribution < -0.4 is 15.8 Å². The molecule has 0 aromatic heterocycles. The molecular weight excluding hydrogens is 295 g/mol. The zero-order valence-corrected chi connectivity index (χ0v) is 12.6. The molecule has 0 unspecified atom stereocenters. The van der Waals surface area contributed by atoms with Gasteiger partial charge in [-0.25, -0.2) is 9.38 Å². The number of hydrogen-bond acceptors (Lipinski definition) is 2. The van der Waals surface area contributed by atoms with Gasteiger partial charge in [-0.2, -0.15) is 8.78 Å². The smallest absolute Gasteiger partial charge is 0.387 e. The molecule has 0 atom stereocenters. The van der Waals surface area contributed by atoms with Crippen LogP contribution in [0.5, 0.6) is 5.75 Å². The van der Waals surface area contributed by atoms with Crippen LogP contribution >= 0.6 is 0 Å². The quantitative estimate of drug-likeness (QED) is 0.417. The standard InChI is InChI=1S/C15H22F3N3O/c1-2-3-4-5-9-20-15(19)21-10-11-12(16)7-6-8-13(11)22-14(17)18/h6-8,14H,2-5,9-10H2,1H3,(H3,19,20,21). The Hall–Kier alpha value is -1.92. The van der Waals surface area contributed by atoms with Crippen LogP contribution in [0.3, 0.4) is 0 Å². The van der Waals surface area contributed by atoms with Crippen molar-refractivity contribution in [2.45, 2.75) is 45.8 Å². The number of nitrogens with zero attached hydrogens (tertiary/aromatic N) is 1. The SMILES string of the molecule is CCCCCCNC(N)=NCc1c(F)cccc1OC(F)F. The fraction of sp³-hybridized carbons (Fsp3) is 0.533. The number of ether oxygens (including phenoxy) is 1. The molecule has 22 heavy (non-hydrogen) atoms. The molecule has 0 amide bonds. The highest BCUT2D eigenvalue weighted by molar-refractivity contribution is 5.77. The van der Waals surface area contributed by atoms with Gasteiger partial charge in [0.15, 0.2) is 5.96 Å². The van der Waals surface area contributed by atoms with Gasteiger partial charge in [0.25, 0.3) is 0 Å². The number of halogens is 3. The van der Waals surface area contributed by atoms with Crippen LogP contribution in [0, 0.1) is 5.82 Å². The first kappa shape index (κ1) is 18.1. The van der Waals surface area contributed by atoms with Gasteiger partial charge in [0.05, 0.1) is 12.1 Å². The Morgan fingerprint density at radius 2 is 2.09 bits per heavy atom. The van der Waals surface area contributed by atoms with Gasteiger partial charge in [0, 0.05) is 6.54 Å². The summed E-state index contributed by atoms with van der Waals surface area (Å²) in [5.41, 5.74) is 5.62. The average molecular weight is 317 g/mol. The molecule has 0 saturated carbocycles. The summed E-state index contributed by atoms with van der Waals surface area (Å²) in [5, 5.41) is 2.91. The van der Waals surface area contributed by atoms with Crippen molar-refractivity contribution in [3.63, 3.8) is 0 Å². The van der Waals surface area contributed by atoms with E-state index in [1.54, 1.807) is 0 Å². The number of unbranched alkanes of at least 4 members (excludes halogenated alkanes) is 3. The van der Waals surface area contributed by atoms with Crippen LogP contribution in [0.25, 0.3) is 0 Å². The van der Waals surface area contributed by atoms with Gasteiger partial charge in [-0.1, -0.05) is 32.3 Å². The topological polar surface area (TPSA) is 59.6 Å². The first-order valence-electron chi connectivity index (χ1n) is 7.30.